The number of aromatic nitrogens is 3. The first-order chi connectivity index (χ1) is 21.9. The minimum atomic E-state index is -0.618. The fourth-order valence-corrected chi connectivity index (χ4v) is 8.05. The van der Waals surface area contributed by atoms with Crippen LogP contribution in [0.15, 0.2) is 48.2 Å². The maximum atomic E-state index is 16.8. The van der Waals surface area contributed by atoms with Gasteiger partial charge in [-0.05, 0) is 62.2 Å². The van der Waals surface area contributed by atoms with Gasteiger partial charge >= 0.3 is 6.01 Å². The molecule has 0 spiro atoms. The lowest BCUT2D eigenvalue weighted by atomic mass is 9.93. The van der Waals surface area contributed by atoms with E-state index < -0.39 is 5.82 Å². The number of ether oxygens (including phenoxy) is 1. The monoisotopic (exact) mass is 606 g/mol. The summed E-state index contributed by atoms with van der Waals surface area (Å²) in [6.45, 7) is 3.69. The summed E-state index contributed by atoms with van der Waals surface area (Å²) in [6, 6.07) is 9.37. The smallest absolute Gasteiger partial charge is 0.319 e. The normalized spacial score (nSPS) is 25.4. The predicted molar refractivity (Wildman–Crippen MR) is 171 cm³/mol. The van der Waals surface area contributed by atoms with Crippen molar-refractivity contribution in [2.45, 2.75) is 49.7 Å². The van der Waals surface area contributed by atoms with E-state index in [0.29, 0.717) is 51.8 Å². The number of rotatable bonds is 6. The van der Waals surface area contributed by atoms with E-state index in [1.54, 1.807) is 18.3 Å². The largest absolute Gasteiger partial charge is 0.508 e. The van der Waals surface area contributed by atoms with Gasteiger partial charge in [-0.25, -0.2) is 4.39 Å². The second kappa shape index (κ2) is 10.9. The van der Waals surface area contributed by atoms with Crippen molar-refractivity contribution in [3.05, 3.63) is 59.6 Å². The molecule has 0 aliphatic carbocycles. The number of halogens is 1. The zero-order valence-electron chi connectivity index (χ0n) is 25.0. The number of aliphatic hydroxyl groups excluding tert-OH is 1. The second-order valence-corrected chi connectivity index (χ2v) is 12.9. The summed E-state index contributed by atoms with van der Waals surface area (Å²) in [7, 11) is 0. The molecule has 0 saturated carbocycles. The molecule has 3 atom stereocenters. The van der Waals surface area contributed by atoms with E-state index in [9.17, 15) is 10.2 Å². The lowest BCUT2D eigenvalue weighted by Crippen LogP contribution is -2.51. The average molecular weight is 607 g/mol. The Morgan fingerprint density at radius 2 is 2.04 bits per heavy atom. The molecular formula is C35H35FN6O3. The van der Waals surface area contributed by atoms with Crippen LogP contribution in [0, 0.1) is 18.2 Å². The fourth-order valence-electron chi connectivity index (χ4n) is 8.05. The molecule has 45 heavy (non-hydrogen) atoms. The van der Waals surface area contributed by atoms with E-state index in [0.717, 1.165) is 58.3 Å². The molecule has 2 aromatic carbocycles. The number of phenolic OH excluding ortho intramolecular Hbond substituents is 1. The first-order valence-corrected chi connectivity index (χ1v) is 15.7. The van der Waals surface area contributed by atoms with Gasteiger partial charge in [0, 0.05) is 54.4 Å². The number of nitrogens with one attached hydrogen (secondary N) is 1. The molecule has 4 aromatic rings. The molecule has 3 unspecified atom stereocenters. The maximum absolute atomic E-state index is 16.8. The zero-order chi connectivity index (χ0) is 30.7. The van der Waals surface area contributed by atoms with Crippen LogP contribution in [0.25, 0.3) is 32.9 Å². The predicted octanol–water partition coefficient (Wildman–Crippen LogP) is 4.15. The highest BCUT2D eigenvalue weighted by atomic mass is 19.1. The van der Waals surface area contributed by atoms with Crippen LogP contribution in [0.2, 0.25) is 0 Å². The molecular weight excluding hydrogens is 571 g/mol. The number of anilines is 1. The van der Waals surface area contributed by atoms with Crippen LogP contribution >= 0.6 is 0 Å². The summed E-state index contributed by atoms with van der Waals surface area (Å²) in [5.41, 5.74) is 2.17. The van der Waals surface area contributed by atoms with Crippen molar-refractivity contribution in [2.75, 3.05) is 44.3 Å². The van der Waals surface area contributed by atoms with Crippen molar-refractivity contribution in [3.8, 4) is 35.4 Å². The van der Waals surface area contributed by atoms with Gasteiger partial charge in [-0.1, -0.05) is 29.7 Å². The summed E-state index contributed by atoms with van der Waals surface area (Å²) in [5, 5.41) is 25.6. The van der Waals surface area contributed by atoms with Crippen molar-refractivity contribution in [3.63, 3.8) is 0 Å². The standard InChI is InChI=1S/C35H35FN6O3/c1-2-22-5-3-6-23-13-26(44)14-27(29(22)23)31-30(36)32-28(16-37-31)33(41-18-24-7-8-25(19-41)38-24)40-34(39-32)45-20-35-10-4-11-42(35)17-21(15-35)9-12-43/h1,3,5-6,9,13-14,16,24-25,38,43-44H,4,7-8,10-12,15,17-20H2/b21-9-. The Kier molecular flexibility index (Phi) is 6.86. The van der Waals surface area contributed by atoms with Gasteiger partial charge in [0.15, 0.2) is 5.82 Å². The Morgan fingerprint density at radius 3 is 2.84 bits per heavy atom. The Hall–Kier alpha value is -4.30. The molecule has 4 aliphatic heterocycles. The molecule has 4 fully saturated rings. The molecule has 4 aliphatic rings. The molecule has 10 heteroatoms. The van der Waals surface area contributed by atoms with Crippen LogP contribution in [0.1, 0.15) is 37.7 Å². The van der Waals surface area contributed by atoms with E-state index in [4.69, 9.17) is 16.1 Å². The highest BCUT2D eigenvalue weighted by Crippen LogP contribution is 2.42. The van der Waals surface area contributed by atoms with Crippen LogP contribution in [-0.2, 0) is 0 Å². The molecule has 2 aromatic heterocycles. The lowest BCUT2D eigenvalue weighted by Gasteiger charge is -2.34. The number of nitrogens with zero attached hydrogens (tertiary/aromatic N) is 5. The number of pyridine rings is 1. The van der Waals surface area contributed by atoms with Crippen LogP contribution < -0.4 is 15.0 Å². The number of terminal acetylenes is 1. The number of hydrogen-bond acceptors (Lipinski definition) is 9. The third kappa shape index (κ3) is 4.78. The van der Waals surface area contributed by atoms with Crippen LogP contribution in [0.3, 0.4) is 0 Å². The van der Waals surface area contributed by atoms with E-state index in [-0.39, 0.29) is 35.1 Å². The van der Waals surface area contributed by atoms with Crippen molar-refractivity contribution in [1.82, 2.24) is 25.2 Å². The van der Waals surface area contributed by atoms with Gasteiger partial charge in [-0.15, -0.1) is 6.42 Å². The zero-order valence-corrected chi connectivity index (χ0v) is 25.0. The molecule has 0 amide bonds. The summed E-state index contributed by atoms with van der Waals surface area (Å²) >= 11 is 0. The number of piperazine rings is 1. The van der Waals surface area contributed by atoms with Gasteiger partial charge in [-0.2, -0.15) is 9.97 Å². The lowest BCUT2D eigenvalue weighted by molar-refractivity contribution is 0.108. The Bertz CT molecular complexity index is 1890. The molecule has 0 radical (unpaired) electrons. The molecule has 230 valence electrons. The van der Waals surface area contributed by atoms with Gasteiger partial charge in [-0.3, -0.25) is 9.88 Å². The summed E-state index contributed by atoms with van der Waals surface area (Å²) in [5.74, 6) is 2.68. The first-order valence-electron chi connectivity index (χ1n) is 15.7. The molecule has 4 saturated heterocycles. The van der Waals surface area contributed by atoms with Gasteiger partial charge in [0.1, 0.15) is 29.4 Å². The summed E-state index contributed by atoms with van der Waals surface area (Å²) in [4.78, 5) is 18.8. The molecule has 3 N–H and O–H groups in total. The Morgan fingerprint density at radius 1 is 1.20 bits per heavy atom. The van der Waals surface area contributed by atoms with E-state index in [1.807, 2.05) is 18.2 Å². The highest BCUT2D eigenvalue weighted by Gasteiger charge is 2.47. The topological polar surface area (TPSA) is 107 Å². The van der Waals surface area contributed by atoms with E-state index in [1.165, 1.54) is 11.6 Å². The van der Waals surface area contributed by atoms with Gasteiger partial charge < -0.3 is 25.2 Å². The van der Waals surface area contributed by atoms with Gasteiger partial charge in [0.05, 0.1) is 17.5 Å². The minimum absolute atomic E-state index is 0.0109. The second-order valence-electron chi connectivity index (χ2n) is 12.9. The molecule has 9 nitrogen and oxygen atoms in total. The van der Waals surface area contributed by atoms with Crippen molar-refractivity contribution >= 4 is 27.5 Å². The third-order valence-corrected chi connectivity index (χ3v) is 10.1. The Labute approximate surface area is 260 Å². The fraction of sp³-hybridized carbons (Fsp3) is 0.400. The SMILES string of the molecule is C#Cc1cccc2cc(O)cc(-c3ncc4c(N5CC6CCC(C5)N6)nc(OCC56CCCN5C/C(=C\CO)C6)nc4c3F)c12. The minimum Gasteiger partial charge on any atom is -0.508 e. The number of aromatic hydroxyl groups is 1. The van der Waals surface area contributed by atoms with E-state index >= 15 is 4.39 Å². The van der Waals surface area contributed by atoms with Crippen molar-refractivity contribution in [2.24, 2.45) is 0 Å². The van der Waals surface area contributed by atoms with Gasteiger partial charge in [0.25, 0.3) is 0 Å². The number of benzene rings is 2. The van der Waals surface area contributed by atoms with Crippen LogP contribution in [0.4, 0.5) is 10.2 Å². The van der Waals surface area contributed by atoms with E-state index in [2.05, 4.69) is 31.0 Å². The first kappa shape index (κ1) is 28.2. The summed E-state index contributed by atoms with van der Waals surface area (Å²) < 4.78 is 23.2. The Balaban J connectivity index is 1.25. The maximum Gasteiger partial charge on any atom is 0.319 e. The third-order valence-electron chi connectivity index (χ3n) is 10.1. The number of aliphatic hydroxyl groups is 1. The van der Waals surface area contributed by atoms with Gasteiger partial charge in [0.2, 0.25) is 0 Å². The average Bonchev–Trinajstić information content (AvgIpc) is 3.70. The molecule has 8 rings (SSSR count). The number of hydrogen-bond donors (Lipinski definition) is 3. The summed E-state index contributed by atoms with van der Waals surface area (Å²) in [6.07, 6.45) is 14.4. The van der Waals surface area contributed by atoms with Crippen molar-refractivity contribution < 1.29 is 19.3 Å². The number of fused-ring (bicyclic) bond motifs is 5. The van der Waals surface area contributed by atoms with Crippen LogP contribution in [-0.4, -0.2) is 87.1 Å². The molecule has 2 bridgehead atoms. The quantitative estimate of drug-likeness (QED) is 0.221. The number of phenols is 1. The molecule has 6 heterocycles. The highest BCUT2D eigenvalue weighted by molar-refractivity contribution is 6.02. The van der Waals surface area contributed by atoms with Crippen LogP contribution in [0.5, 0.6) is 11.8 Å². The van der Waals surface area contributed by atoms with Crippen molar-refractivity contribution in [1.29, 1.82) is 0 Å².